The molecule has 1 heterocycles. The number of anilines is 1. The van der Waals surface area contributed by atoms with Gasteiger partial charge in [0.2, 0.25) is 0 Å². The van der Waals surface area contributed by atoms with E-state index in [1.54, 1.807) is 30.3 Å². The number of ether oxygens (including phenoxy) is 1. The molecule has 0 unspecified atom stereocenters. The Labute approximate surface area is 167 Å². The van der Waals surface area contributed by atoms with Crippen LogP contribution >= 0.6 is 11.8 Å². The Kier molecular flexibility index (Phi) is 6.16. The maximum Gasteiger partial charge on any atom is 0.290 e. The lowest BCUT2D eigenvalue weighted by Gasteiger charge is -2.14. The summed E-state index contributed by atoms with van der Waals surface area (Å²) >= 11 is 0.868. The molecule has 6 nitrogen and oxygen atoms in total. The van der Waals surface area contributed by atoms with Crippen molar-refractivity contribution in [2.75, 3.05) is 11.9 Å². The molecule has 144 valence electrons. The predicted octanol–water partition coefficient (Wildman–Crippen LogP) is 4.15. The van der Waals surface area contributed by atoms with Crippen molar-refractivity contribution in [3.8, 4) is 5.75 Å². The molecule has 1 aliphatic heterocycles. The Bertz CT molecular complexity index is 936. The van der Waals surface area contributed by atoms with Crippen molar-refractivity contribution in [1.82, 2.24) is 5.32 Å². The molecule has 28 heavy (non-hydrogen) atoms. The third-order valence-corrected chi connectivity index (χ3v) is 4.86. The third kappa shape index (κ3) is 5.01. The topological polar surface area (TPSA) is 84.5 Å². The molecule has 0 aromatic heterocycles. The van der Waals surface area contributed by atoms with Gasteiger partial charge in [0.1, 0.15) is 5.75 Å². The third-order valence-electron chi connectivity index (χ3n) is 4.05. The van der Waals surface area contributed by atoms with Crippen LogP contribution in [0.2, 0.25) is 0 Å². The second-order valence-corrected chi connectivity index (χ2v) is 7.51. The van der Waals surface area contributed by atoms with E-state index in [1.807, 2.05) is 24.3 Å². The van der Waals surface area contributed by atoms with Crippen molar-refractivity contribution in [1.29, 1.82) is 0 Å². The summed E-state index contributed by atoms with van der Waals surface area (Å²) in [5.74, 6) is 0.203. The zero-order valence-corrected chi connectivity index (χ0v) is 16.3. The molecular formula is C21H20N2O4S. The highest BCUT2D eigenvalue weighted by molar-refractivity contribution is 8.18. The average Bonchev–Trinajstić information content (AvgIpc) is 2.98. The van der Waals surface area contributed by atoms with E-state index in [0.717, 1.165) is 28.6 Å². The number of benzene rings is 2. The van der Waals surface area contributed by atoms with Crippen molar-refractivity contribution < 1.29 is 19.1 Å². The normalized spacial score (nSPS) is 15.0. The van der Waals surface area contributed by atoms with Gasteiger partial charge in [-0.05, 0) is 53.1 Å². The largest absolute Gasteiger partial charge is 0.484 e. The van der Waals surface area contributed by atoms with Crippen LogP contribution in [0.4, 0.5) is 10.5 Å². The minimum atomic E-state index is -0.395. The number of nitrogens with one attached hydrogen (secondary N) is 2. The van der Waals surface area contributed by atoms with Gasteiger partial charge in [0.05, 0.1) is 4.91 Å². The summed E-state index contributed by atoms with van der Waals surface area (Å²) in [6.07, 6.45) is 1.63. The standard InChI is InChI=1S/C21H20N2O4S/c1-13(2)16-5-3-4-6-17(16)22-19(24)12-27-15-9-7-14(8-10-15)11-18-20(25)23-21(26)28-18/h3-11,13H,12H2,1-2H3,(H,22,24)(H,23,25,26)/b18-11-. The van der Waals surface area contributed by atoms with Gasteiger partial charge in [-0.1, -0.05) is 44.2 Å². The maximum absolute atomic E-state index is 12.2. The lowest BCUT2D eigenvalue weighted by molar-refractivity contribution is -0.118. The second kappa shape index (κ2) is 8.75. The number of imide groups is 1. The molecule has 3 amide bonds. The summed E-state index contributed by atoms with van der Waals surface area (Å²) < 4.78 is 5.53. The van der Waals surface area contributed by atoms with E-state index in [4.69, 9.17) is 4.74 Å². The van der Waals surface area contributed by atoms with E-state index in [0.29, 0.717) is 16.6 Å². The Morgan fingerprint density at radius 2 is 1.86 bits per heavy atom. The van der Waals surface area contributed by atoms with E-state index in [2.05, 4.69) is 24.5 Å². The quantitative estimate of drug-likeness (QED) is 0.717. The van der Waals surface area contributed by atoms with Crippen LogP contribution in [0.15, 0.2) is 53.4 Å². The first-order valence-electron chi connectivity index (χ1n) is 8.79. The fraction of sp³-hybridized carbons (Fsp3) is 0.190. The second-order valence-electron chi connectivity index (χ2n) is 6.50. The van der Waals surface area contributed by atoms with Crippen molar-refractivity contribution in [2.45, 2.75) is 19.8 Å². The van der Waals surface area contributed by atoms with Gasteiger partial charge in [0.15, 0.2) is 6.61 Å². The number of hydrogen-bond acceptors (Lipinski definition) is 5. The van der Waals surface area contributed by atoms with Crippen LogP contribution in [0.25, 0.3) is 6.08 Å². The Morgan fingerprint density at radius 1 is 1.14 bits per heavy atom. The average molecular weight is 396 g/mol. The summed E-state index contributed by atoms with van der Waals surface area (Å²) in [5, 5.41) is 4.71. The minimum absolute atomic E-state index is 0.111. The molecule has 2 aromatic rings. The SMILES string of the molecule is CC(C)c1ccccc1NC(=O)COc1ccc(/C=C2\SC(=O)NC2=O)cc1. The number of hydrogen-bond donors (Lipinski definition) is 2. The molecule has 1 aliphatic rings. The van der Waals surface area contributed by atoms with E-state index in [-0.39, 0.29) is 17.8 Å². The fourth-order valence-electron chi connectivity index (χ4n) is 2.68. The molecule has 3 rings (SSSR count). The van der Waals surface area contributed by atoms with E-state index in [1.165, 1.54) is 0 Å². The molecule has 2 N–H and O–H groups in total. The van der Waals surface area contributed by atoms with Gasteiger partial charge in [0, 0.05) is 5.69 Å². The van der Waals surface area contributed by atoms with Gasteiger partial charge in [-0.25, -0.2) is 0 Å². The van der Waals surface area contributed by atoms with Gasteiger partial charge < -0.3 is 10.1 Å². The number of thioether (sulfide) groups is 1. The monoisotopic (exact) mass is 396 g/mol. The van der Waals surface area contributed by atoms with Crippen LogP contribution in [0.5, 0.6) is 5.75 Å². The Balaban J connectivity index is 1.57. The van der Waals surface area contributed by atoms with Crippen LogP contribution in [-0.2, 0) is 9.59 Å². The lowest BCUT2D eigenvalue weighted by atomic mass is 10.0. The molecule has 0 bridgehead atoms. The summed E-state index contributed by atoms with van der Waals surface area (Å²) in [7, 11) is 0. The highest BCUT2D eigenvalue weighted by atomic mass is 32.2. The van der Waals surface area contributed by atoms with Crippen molar-refractivity contribution in [3.05, 3.63) is 64.6 Å². The molecule has 0 saturated carbocycles. The first-order chi connectivity index (χ1) is 13.4. The van der Waals surface area contributed by atoms with Gasteiger partial charge in [-0.3, -0.25) is 19.7 Å². The molecule has 0 spiro atoms. The summed E-state index contributed by atoms with van der Waals surface area (Å²) in [5.41, 5.74) is 2.62. The number of amides is 3. The summed E-state index contributed by atoms with van der Waals surface area (Å²) in [6.45, 7) is 4.03. The van der Waals surface area contributed by atoms with Gasteiger partial charge in [-0.2, -0.15) is 0 Å². The zero-order valence-electron chi connectivity index (χ0n) is 15.5. The molecule has 0 aliphatic carbocycles. The summed E-state index contributed by atoms with van der Waals surface area (Å²) in [6, 6.07) is 14.6. The van der Waals surface area contributed by atoms with Crippen LogP contribution in [0.1, 0.15) is 30.9 Å². The predicted molar refractivity (Wildman–Crippen MR) is 110 cm³/mol. The smallest absolute Gasteiger partial charge is 0.290 e. The first-order valence-corrected chi connectivity index (χ1v) is 9.60. The lowest BCUT2D eigenvalue weighted by Crippen LogP contribution is -2.21. The van der Waals surface area contributed by atoms with Crippen LogP contribution in [0.3, 0.4) is 0 Å². The molecule has 1 fully saturated rings. The van der Waals surface area contributed by atoms with Crippen LogP contribution in [0, 0.1) is 0 Å². The van der Waals surface area contributed by atoms with E-state index >= 15 is 0 Å². The fourth-order valence-corrected chi connectivity index (χ4v) is 3.36. The summed E-state index contributed by atoms with van der Waals surface area (Å²) in [4.78, 5) is 35.3. The zero-order chi connectivity index (χ0) is 20.1. The highest BCUT2D eigenvalue weighted by Gasteiger charge is 2.24. The Morgan fingerprint density at radius 3 is 2.50 bits per heavy atom. The van der Waals surface area contributed by atoms with Crippen LogP contribution in [-0.4, -0.2) is 23.7 Å². The van der Waals surface area contributed by atoms with Gasteiger partial charge in [-0.15, -0.1) is 0 Å². The molecule has 7 heteroatoms. The van der Waals surface area contributed by atoms with Gasteiger partial charge in [0.25, 0.3) is 17.1 Å². The number of para-hydroxylation sites is 1. The van der Waals surface area contributed by atoms with Crippen LogP contribution < -0.4 is 15.4 Å². The van der Waals surface area contributed by atoms with Crippen molar-refractivity contribution >= 4 is 40.6 Å². The maximum atomic E-state index is 12.2. The van der Waals surface area contributed by atoms with Crippen molar-refractivity contribution in [3.63, 3.8) is 0 Å². The number of carbonyl (C=O) groups excluding carboxylic acids is 3. The van der Waals surface area contributed by atoms with Gasteiger partial charge >= 0.3 is 0 Å². The minimum Gasteiger partial charge on any atom is -0.484 e. The Hall–Kier alpha value is -3.06. The van der Waals surface area contributed by atoms with E-state index in [9.17, 15) is 14.4 Å². The number of rotatable bonds is 6. The van der Waals surface area contributed by atoms with Crippen molar-refractivity contribution in [2.24, 2.45) is 0 Å². The van der Waals surface area contributed by atoms with E-state index < -0.39 is 5.91 Å². The molecular weight excluding hydrogens is 376 g/mol. The molecule has 0 atom stereocenters. The molecule has 2 aromatic carbocycles. The molecule has 0 radical (unpaired) electrons. The first kappa shape index (κ1) is 19.7. The highest BCUT2D eigenvalue weighted by Crippen LogP contribution is 2.26. The molecule has 1 saturated heterocycles. The number of carbonyl (C=O) groups is 3.